The third-order valence-corrected chi connectivity index (χ3v) is 6.44. The molecular weight excluding hydrogens is 376 g/mol. The summed E-state index contributed by atoms with van der Waals surface area (Å²) in [6, 6.07) is 10.2. The molecule has 0 spiro atoms. The lowest BCUT2D eigenvalue weighted by Gasteiger charge is -2.32. The average molecular weight is 410 g/mol. The number of likely N-dealkylation sites (tertiary alicyclic amines) is 1. The summed E-state index contributed by atoms with van der Waals surface area (Å²) in [5.74, 6) is 2.43. The number of piperidine rings is 1. The van der Waals surface area contributed by atoms with E-state index >= 15 is 0 Å². The van der Waals surface area contributed by atoms with E-state index in [2.05, 4.69) is 12.1 Å². The third kappa shape index (κ3) is 4.94. The number of aryl methyl sites for hydroxylation is 1. The maximum absolute atomic E-state index is 12.8. The quantitative estimate of drug-likeness (QED) is 0.679. The predicted molar refractivity (Wildman–Crippen MR) is 116 cm³/mol. The molecule has 160 valence electrons. The molecule has 1 aliphatic heterocycles. The second kappa shape index (κ2) is 9.50. The molecule has 5 heteroatoms. The van der Waals surface area contributed by atoms with Crippen molar-refractivity contribution < 1.29 is 18.8 Å². The molecule has 2 aromatic rings. The first-order chi connectivity index (χ1) is 14.6. The van der Waals surface area contributed by atoms with Crippen molar-refractivity contribution in [2.45, 2.75) is 51.0 Å². The number of rotatable bonds is 6. The molecule has 2 aliphatic rings. The van der Waals surface area contributed by atoms with Gasteiger partial charge in [-0.05, 0) is 74.6 Å². The monoisotopic (exact) mass is 409 g/mol. The molecule has 0 atom stereocenters. The minimum atomic E-state index is 0.140. The molecule has 1 amide bonds. The molecule has 30 heavy (non-hydrogen) atoms. The van der Waals surface area contributed by atoms with E-state index in [1.807, 2.05) is 47.1 Å². The van der Waals surface area contributed by atoms with Crippen LogP contribution in [0.5, 0.6) is 11.5 Å². The Bertz CT molecular complexity index is 868. The van der Waals surface area contributed by atoms with Crippen molar-refractivity contribution in [3.8, 4) is 11.5 Å². The molecule has 2 heterocycles. The highest BCUT2D eigenvalue weighted by molar-refractivity contribution is 5.93. The summed E-state index contributed by atoms with van der Waals surface area (Å²) in [7, 11) is 3.65. The Balaban J connectivity index is 1.35. The van der Waals surface area contributed by atoms with E-state index in [4.69, 9.17) is 9.47 Å². The number of methoxy groups -OCH3 is 1. The molecule has 1 saturated carbocycles. The molecule has 2 fully saturated rings. The smallest absolute Gasteiger partial charge is 0.259 e. The van der Waals surface area contributed by atoms with Crippen LogP contribution in [0.3, 0.4) is 0 Å². The standard InChI is InChI=1S/C25H33N2O3/c1-26-13-5-6-21(18-26)25(28)27-14-11-19(12-15-27)16-20-9-10-23(29-2)24(17-20)30-22-7-3-4-8-22/h5-6,9-10,13,17-19,22H,3-4,7-8,11-12,14-16H2,1-2H3/q+1. The number of hydrogen-bond donors (Lipinski definition) is 0. The van der Waals surface area contributed by atoms with E-state index in [-0.39, 0.29) is 5.91 Å². The van der Waals surface area contributed by atoms with Crippen molar-refractivity contribution in [3.63, 3.8) is 0 Å². The normalized spacial score (nSPS) is 17.9. The molecule has 4 rings (SSSR count). The molecule has 0 radical (unpaired) electrons. The lowest BCUT2D eigenvalue weighted by Crippen LogP contribution is -2.40. The fourth-order valence-corrected chi connectivity index (χ4v) is 4.70. The minimum absolute atomic E-state index is 0.140. The van der Waals surface area contributed by atoms with Crippen LogP contribution in [0.25, 0.3) is 0 Å². The molecule has 1 aromatic heterocycles. The SMILES string of the molecule is COc1ccc(CC2CCN(C(=O)c3ccc[n+](C)c3)CC2)cc1OC1CCCC1. The van der Waals surface area contributed by atoms with Crippen LogP contribution in [0.2, 0.25) is 0 Å². The van der Waals surface area contributed by atoms with Gasteiger partial charge in [0.15, 0.2) is 23.9 Å². The van der Waals surface area contributed by atoms with Crippen LogP contribution in [0.1, 0.15) is 54.4 Å². The second-order valence-corrected chi connectivity index (χ2v) is 8.71. The van der Waals surface area contributed by atoms with Crippen molar-refractivity contribution >= 4 is 5.91 Å². The summed E-state index contributed by atoms with van der Waals surface area (Å²) in [6.07, 6.45) is 12.1. The lowest BCUT2D eigenvalue weighted by molar-refractivity contribution is -0.671. The Morgan fingerprint density at radius 2 is 1.87 bits per heavy atom. The Labute approximate surface area is 179 Å². The maximum Gasteiger partial charge on any atom is 0.259 e. The fourth-order valence-electron chi connectivity index (χ4n) is 4.70. The number of carbonyl (C=O) groups excluding carboxylic acids is 1. The van der Waals surface area contributed by atoms with E-state index in [0.717, 1.165) is 62.3 Å². The van der Waals surface area contributed by atoms with Gasteiger partial charge in [0.1, 0.15) is 12.6 Å². The second-order valence-electron chi connectivity index (χ2n) is 8.71. The molecular formula is C25H33N2O3+. The Hall–Kier alpha value is -2.56. The van der Waals surface area contributed by atoms with Gasteiger partial charge in [-0.25, -0.2) is 4.57 Å². The maximum atomic E-state index is 12.8. The first-order valence-corrected chi connectivity index (χ1v) is 11.2. The number of amides is 1. The average Bonchev–Trinajstić information content (AvgIpc) is 3.27. The lowest BCUT2D eigenvalue weighted by atomic mass is 9.90. The van der Waals surface area contributed by atoms with Gasteiger partial charge < -0.3 is 14.4 Å². The van der Waals surface area contributed by atoms with Gasteiger partial charge in [-0.2, -0.15) is 0 Å². The van der Waals surface area contributed by atoms with E-state index < -0.39 is 0 Å². The molecule has 1 saturated heterocycles. The van der Waals surface area contributed by atoms with Gasteiger partial charge in [0.05, 0.1) is 13.2 Å². The first-order valence-electron chi connectivity index (χ1n) is 11.2. The largest absolute Gasteiger partial charge is 0.493 e. The summed E-state index contributed by atoms with van der Waals surface area (Å²) in [4.78, 5) is 14.8. The number of carbonyl (C=O) groups is 1. The summed E-state index contributed by atoms with van der Waals surface area (Å²) < 4.78 is 13.7. The van der Waals surface area contributed by atoms with E-state index in [1.54, 1.807) is 7.11 Å². The topological polar surface area (TPSA) is 42.7 Å². The van der Waals surface area contributed by atoms with Gasteiger partial charge in [0, 0.05) is 19.2 Å². The van der Waals surface area contributed by atoms with Crippen molar-refractivity contribution in [1.29, 1.82) is 0 Å². The van der Waals surface area contributed by atoms with Gasteiger partial charge in [-0.15, -0.1) is 0 Å². The zero-order chi connectivity index (χ0) is 20.9. The summed E-state index contributed by atoms with van der Waals surface area (Å²) >= 11 is 0. The van der Waals surface area contributed by atoms with Gasteiger partial charge in [0.25, 0.3) is 5.91 Å². The van der Waals surface area contributed by atoms with Crippen LogP contribution in [-0.4, -0.2) is 37.1 Å². The first kappa shape index (κ1) is 20.7. The predicted octanol–water partition coefficient (Wildman–Crippen LogP) is 3.94. The molecule has 1 aliphatic carbocycles. The van der Waals surface area contributed by atoms with Gasteiger partial charge >= 0.3 is 0 Å². The highest BCUT2D eigenvalue weighted by Crippen LogP contribution is 2.34. The number of pyridine rings is 1. The third-order valence-electron chi connectivity index (χ3n) is 6.44. The molecule has 5 nitrogen and oxygen atoms in total. The molecule has 0 bridgehead atoms. The van der Waals surface area contributed by atoms with Gasteiger partial charge in [-0.3, -0.25) is 4.79 Å². The van der Waals surface area contributed by atoms with Crippen LogP contribution in [0, 0.1) is 5.92 Å². The van der Waals surface area contributed by atoms with Gasteiger partial charge in [0.2, 0.25) is 0 Å². The molecule has 1 aromatic carbocycles. The zero-order valence-corrected chi connectivity index (χ0v) is 18.2. The van der Waals surface area contributed by atoms with E-state index in [1.165, 1.54) is 18.4 Å². The number of aromatic nitrogens is 1. The Morgan fingerprint density at radius 3 is 2.57 bits per heavy atom. The number of ether oxygens (including phenoxy) is 2. The highest BCUT2D eigenvalue weighted by Gasteiger charge is 2.25. The van der Waals surface area contributed by atoms with Crippen LogP contribution >= 0.6 is 0 Å². The summed E-state index contributed by atoms with van der Waals surface area (Å²) in [5.41, 5.74) is 2.06. The zero-order valence-electron chi connectivity index (χ0n) is 18.2. The van der Waals surface area contributed by atoms with E-state index in [9.17, 15) is 4.79 Å². The van der Waals surface area contributed by atoms with E-state index in [0.29, 0.717) is 12.0 Å². The van der Waals surface area contributed by atoms with Crippen molar-refractivity contribution in [2.75, 3.05) is 20.2 Å². The van der Waals surface area contributed by atoms with Crippen LogP contribution in [0.15, 0.2) is 42.7 Å². The van der Waals surface area contributed by atoms with Crippen LogP contribution in [-0.2, 0) is 13.5 Å². The number of benzene rings is 1. The van der Waals surface area contributed by atoms with Crippen molar-refractivity contribution in [3.05, 3.63) is 53.9 Å². The van der Waals surface area contributed by atoms with Gasteiger partial charge in [-0.1, -0.05) is 6.07 Å². The van der Waals surface area contributed by atoms with Crippen molar-refractivity contribution in [2.24, 2.45) is 13.0 Å². The Morgan fingerprint density at radius 1 is 1.10 bits per heavy atom. The van der Waals surface area contributed by atoms with Crippen LogP contribution in [0.4, 0.5) is 0 Å². The number of hydrogen-bond acceptors (Lipinski definition) is 3. The Kier molecular flexibility index (Phi) is 6.56. The summed E-state index contributed by atoms with van der Waals surface area (Å²) in [5, 5.41) is 0. The van der Waals surface area contributed by atoms with Crippen LogP contribution < -0.4 is 14.0 Å². The minimum Gasteiger partial charge on any atom is -0.493 e. The fraction of sp³-hybridized carbons (Fsp3) is 0.520. The van der Waals surface area contributed by atoms with Crippen molar-refractivity contribution in [1.82, 2.24) is 4.90 Å². The molecule has 0 unspecified atom stereocenters. The highest BCUT2D eigenvalue weighted by atomic mass is 16.5. The molecule has 0 N–H and O–H groups in total. The number of nitrogens with zero attached hydrogens (tertiary/aromatic N) is 2. The summed E-state index contributed by atoms with van der Waals surface area (Å²) in [6.45, 7) is 1.65.